The molecule has 0 aliphatic carbocycles. The molecule has 4 N–H and O–H groups in total. The maximum Gasteiger partial charge on any atom is 0.328 e. The fourth-order valence-electron chi connectivity index (χ4n) is 4.01. The van der Waals surface area contributed by atoms with E-state index >= 15 is 0 Å². The molecule has 0 atom stereocenters. The molecule has 4 heterocycles. The van der Waals surface area contributed by atoms with E-state index < -0.39 is 5.97 Å². The number of nitrogens with zero attached hydrogens (tertiary/aromatic N) is 5. The molecule has 1 fully saturated rings. The van der Waals surface area contributed by atoms with E-state index in [1.807, 2.05) is 6.07 Å². The second-order valence-electron chi connectivity index (χ2n) is 8.62. The lowest BCUT2D eigenvalue weighted by Gasteiger charge is -2.29. The number of ether oxygens (including phenoxy) is 2. The van der Waals surface area contributed by atoms with Crippen molar-refractivity contribution >= 4 is 23.0 Å². The standard InChI is InChI=1S/C23H31N7O5/c1-2-3-11-35-22-27-19(24)18-20(28-22)30(23(33)26-18)14-15-4-5-17(25-13-15)34-12-10-29-8-6-16(7-9-29)21(31)32/h4-5,13,16H,2-3,6-12,14H2,1H3,(H,26,33)(H,31,32)(H2,24,27,28). The summed E-state index contributed by atoms with van der Waals surface area (Å²) in [6, 6.07) is 3.74. The van der Waals surface area contributed by atoms with Gasteiger partial charge in [0.25, 0.3) is 0 Å². The highest BCUT2D eigenvalue weighted by atomic mass is 16.5. The van der Waals surface area contributed by atoms with Crippen LogP contribution in [-0.4, -0.2) is 73.3 Å². The van der Waals surface area contributed by atoms with Gasteiger partial charge in [-0.3, -0.25) is 14.3 Å². The van der Waals surface area contributed by atoms with Crippen LogP contribution in [-0.2, 0) is 11.3 Å². The van der Waals surface area contributed by atoms with Gasteiger partial charge in [0.15, 0.2) is 11.5 Å². The fraction of sp³-hybridized carbons (Fsp3) is 0.522. The molecule has 4 rings (SSSR count). The quantitative estimate of drug-likeness (QED) is 0.339. The number of unbranched alkanes of at least 4 members (excludes halogenated alkanes) is 1. The number of likely N-dealkylation sites (tertiary alicyclic amines) is 1. The molecular formula is C23H31N7O5. The first-order chi connectivity index (χ1) is 16.9. The molecule has 12 heteroatoms. The molecule has 3 aromatic rings. The first-order valence-electron chi connectivity index (χ1n) is 11.9. The van der Waals surface area contributed by atoms with E-state index in [1.54, 1.807) is 12.3 Å². The third-order valence-corrected chi connectivity index (χ3v) is 6.09. The largest absolute Gasteiger partial charge is 0.481 e. The van der Waals surface area contributed by atoms with E-state index in [-0.39, 0.29) is 30.0 Å². The second kappa shape index (κ2) is 11.2. The molecule has 1 aliphatic rings. The Bertz CT molecular complexity index is 1200. The summed E-state index contributed by atoms with van der Waals surface area (Å²) < 4.78 is 12.8. The number of anilines is 1. The smallest absolute Gasteiger partial charge is 0.328 e. The number of imidazole rings is 1. The van der Waals surface area contributed by atoms with E-state index in [0.29, 0.717) is 49.6 Å². The zero-order valence-corrected chi connectivity index (χ0v) is 19.8. The molecule has 0 aromatic carbocycles. The number of hydrogen-bond acceptors (Lipinski definition) is 9. The number of pyridine rings is 1. The number of piperidine rings is 1. The zero-order chi connectivity index (χ0) is 24.8. The van der Waals surface area contributed by atoms with Gasteiger partial charge >= 0.3 is 17.7 Å². The number of aromatic nitrogens is 5. The molecule has 0 spiro atoms. The highest BCUT2D eigenvalue weighted by Crippen LogP contribution is 2.20. The minimum atomic E-state index is -0.711. The van der Waals surface area contributed by atoms with Crippen LogP contribution in [0.5, 0.6) is 11.9 Å². The van der Waals surface area contributed by atoms with Gasteiger partial charge in [0.2, 0.25) is 5.88 Å². The van der Waals surface area contributed by atoms with Gasteiger partial charge in [-0.05, 0) is 37.9 Å². The summed E-state index contributed by atoms with van der Waals surface area (Å²) in [4.78, 5) is 41.4. The molecule has 0 radical (unpaired) electrons. The number of rotatable bonds is 11. The van der Waals surface area contributed by atoms with Crippen molar-refractivity contribution in [1.82, 2.24) is 29.4 Å². The van der Waals surface area contributed by atoms with Gasteiger partial charge in [-0.15, -0.1) is 0 Å². The number of H-pyrrole nitrogens is 1. The van der Waals surface area contributed by atoms with Gasteiger partial charge in [0.1, 0.15) is 12.1 Å². The van der Waals surface area contributed by atoms with Gasteiger partial charge in [-0.2, -0.15) is 9.97 Å². The summed E-state index contributed by atoms with van der Waals surface area (Å²) >= 11 is 0. The van der Waals surface area contributed by atoms with Crippen molar-refractivity contribution in [3.63, 3.8) is 0 Å². The number of carbonyl (C=O) groups is 1. The predicted molar refractivity (Wildman–Crippen MR) is 129 cm³/mol. The average Bonchev–Trinajstić information content (AvgIpc) is 3.16. The lowest BCUT2D eigenvalue weighted by molar-refractivity contribution is -0.143. The van der Waals surface area contributed by atoms with Crippen LogP contribution in [0.4, 0.5) is 5.82 Å². The first-order valence-corrected chi connectivity index (χ1v) is 11.9. The van der Waals surface area contributed by atoms with Crippen LogP contribution in [0.1, 0.15) is 38.2 Å². The van der Waals surface area contributed by atoms with Crippen molar-refractivity contribution in [3.05, 3.63) is 34.4 Å². The van der Waals surface area contributed by atoms with Crippen LogP contribution < -0.4 is 20.9 Å². The number of fused-ring (bicyclic) bond motifs is 1. The number of aliphatic carboxylic acids is 1. The maximum atomic E-state index is 12.5. The van der Waals surface area contributed by atoms with Crippen molar-refractivity contribution in [2.45, 2.75) is 39.2 Å². The van der Waals surface area contributed by atoms with Gasteiger partial charge in [-0.1, -0.05) is 19.4 Å². The Balaban J connectivity index is 1.35. The summed E-state index contributed by atoms with van der Waals surface area (Å²) in [5.41, 5.74) is 7.20. The summed E-state index contributed by atoms with van der Waals surface area (Å²) in [6.45, 7) is 5.46. The Morgan fingerprint density at radius 1 is 1.23 bits per heavy atom. The van der Waals surface area contributed by atoms with Crippen LogP contribution >= 0.6 is 0 Å². The van der Waals surface area contributed by atoms with E-state index in [1.165, 1.54) is 4.57 Å². The van der Waals surface area contributed by atoms with Crippen LogP contribution in [0, 0.1) is 5.92 Å². The van der Waals surface area contributed by atoms with Crippen LogP contribution in [0.15, 0.2) is 23.1 Å². The molecule has 0 unspecified atom stereocenters. The highest BCUT2D eigenvalue weighted by Gasteiger charge is 2.24. The number of nitrogen functional groups attached to an aromatic ring is 1. The van der Waals surface area contributed by atoms with Crippen LogP contribution in [0.2, 0.25) is 0 Å². The number of hydrogen-bond donors (Lipinski definition) is 3. The Morgan fingerprint density at radius 2 is 2.03 bits per heavy atom. The number of carboxylic acid groups (broad SMARTS) is 1. The molecule has 0 amide bonds. The molecule has 188 valence electrons. The second-order valence-corrected chi connectivity index (χ2v) is 8.62. The van der Waals surface area contributed by atoms with Crippen molar-refractivity contribution in [2.75, 3.05) is 38.6 Å². The molecule has 1 aliphatic heterocycles. The van der Waals surface area contributed by atoms with E-state index in [0.717, 1.165) is 31.5 Å². The Hall–Kier alpha value is -3.67. The van der Waals surface area contributed by atoms with Crippen LogP contribution in [0.3, 0.4) is 0 Å². The topological polar surface area (TPSA) is 161 Å². The van der Waals surface area contributed by atoms with E-state index in [4.69, 9.17) is 20.3 Å². The molecular weight excluding hydrogens is 454 g/mol. The third-order valence-electron chi connectivity index (χ3n) is 6.09. The average molecular weight is 486 g/mol. The lowest BCUT2D eigenvalue weighted by Crippen LogP contribution is -2.38. The maximum absolute atomic E-state index is 12.5. The van der Waals surface area contributed by atoms with Crippen molar-refractivity contribution < 1.29 is 19.4 Å². The number of nitrogens with two attached hydrogens (primary N) is 1. The molecule has 3 aromatic heterocycles. The van der Waals surface area contributed by atoms with Crippen molar-refractivity contribution in [2.24, 2.45) is 5.92 Å². The van der Waals surface area contributed by atoms with Crippen molar-refractivity contribution in [1.29, 1.82) is 0 Å². The zero-order valence-electron chi connectivity index (χ0n) is 19.8. The lowest BCUT2D eigenvalue weighted by atomic mass is 9.97. The normalized spacial score (nSPS) is 14.9. The Kier molecular flexibility index (Phi) is 7.80. The summed E-state index contributed by atoms with van der Waals surface area (Å²) in [5, 5.41) is 9.09. The van der Waals surface area contributed by atoms with Crippen LogP contribution in [0.25, 0.3) is 11.2 Å². The fourth-order valence-corrected chi connectivity index (χ4v) is 4.01. The predicted octanol–water partition coefficient (Wildman–Crippen LogP) is 1.50. The summed E-state index contributed by atoms with van der Waals surface area (Å²) in [5.74, 6) is -0.309. The summed E-state index contributed by atoms with van der Waals surface area (Å²) in [6.07, 6.45) is 4.83. The Morgan fingerprint density at radius 3 is 2.71 bits per heavy atom. The van der Waals surface area contributed by atoms with Gasteiger partial charge in [0, 0.05) is 18.8 Å². The number of nitrogens with one attached hydrogen (secondary N) is 1. The van der Waals surface area contributed by atoms with Crippen molar-refractivity contribution in [3.8, 4) is 11.9 Å². The number of aromatic amines is 1. The third kappa shape index (κ3) is 6.07. The first kappa shape index (κ1) is 24.5. The Labute approximate surface area is 202 Å². The van der Waals surface area contributed by atoms with E-state index in [2.05, 4.69) is 31.8 Å². The van der Waals surface area contributed by atoms with Gasteiger partial charge in [0.05, 0.1) is 19.1 Å². The molecule has 0 saturated carbocycles. The molecule has 1 saturated heterocycles. The molecule has 35 heavy (non-hydrogen) atoms. The SMILES string of the molecule is CCCCOc1nc(N)c2[nH]c(=O)n(Cc3ccc(OCCN4CCC(C(=O)O)CC4)nc3)c2n1. The van der Waals surface area contributed by atoms with Gasteiger partial charge in [-0.25, -0.2) is 9.78 Å². The monoisotopic (exact) mass is 485 g/mol. The molecule has 12 nitrogen and oxygen atoms in total. The van der Waals surface area contributed by atoms with E-state index in [9.17, 15) is 9.59 Å². The highest BCUT2D eigenvalue weighted by molar-refractivity contribution is 5.81. The van der Waals surface area contributed by atoms with Gasteiger partial charge < -0.3 is 25.3 Å². The minimum Gasteiger partial charge on any atom is -0.481 e. The summed E-state index contributed by atoms with van der Waals surface area (Å²) in [7, 11) is 0. The number of carboxylic acids is 1. The molecule has 0 bridgehead atoms. The minimum absolute atomic E-state index is 0.144.